The lowest BCUT2D eigenvalue weighted by molar-refractivity contribution is 0.255. The summed E-state index contributed by atoms with van der Waals surface area (Å²) in [5, 5.41) is 0.942. The Balaban J connectivity index is 1.56. The van der Waals surface area contributed by atoms with Gasteiger partial charge in [0.1, 0.15) is 13.2 Å². The van der Waals surface area contributed by atoms with Crippen molar-refractivity contribution < 1.29 is 13.9 Å². The van der Waals surface area contributed by atoms with Crippen LogP contribution in [0.1, 0.15) is 28.7 Å². The highest BCUT2D eigenvalue weighted by molar-refractivity contribution is 5.89. The molecule has 0 N–H and O–H groups in total. The van der Waals surface area contributed by atoms with E-state index in [0.717, 1.165) is 46.9 Å². The van der Waals surface area contributed by atoms with Gasteiger partial charge in [0.05, 0.1) is 0 Å². The zero-order valence-electron chi connectivity index (χ0n) is 16.6. The lowest BCUT2D eigenvalue weighted by Crippen LogP contribution is -2.08. The lowest BCUT2D eigenvalue weighted by atomic mass is 10.1. The second kappa shape index (κ2) is 8.07. The second-order valence-corrected chi connectivity index (χ2v) is 7.52. The molecule has 0 atom stereocenters. The fourth-order valence-electron chi connectivity index (χ4n) is 4.02. The molecule has 0 saturated carbocycles. The summed E-state index contributed by atoms with van der Waals surface area (Å²) in [5.74, 6) is 1.06. The number of hydrogen-bond acceptors (Lipinski definition) is 4. The molecule has 1 aliphatic rings. The van der Waals surface area contributed by atoms with Gasteiger partial charge in [-0.05, 0) is 48.1 Å². The summed E-state index contributed by atoms with van der Waals surface area (Å²) >= 11 is 0. The zero-order chi connectivity index (χ0) is 20.3. The average molecular weight is 398 g/mol. The van der Waals surface area contributed by atoms with E-state index >= 15 is 0 Å². The maximum Gasteiger partial charge on any atom is 0.339 e. The van der Waals surface area contributed by atoms with Crippen molar-refractivity contribution in [1.82, 2.24) is 0 Å². The maximum absolute atomic E-state index is 12.6. The molecule has 4 aromatic rings. The first-order chi connectivity index (χ1) is 14.8. The van der Waals surface area contributed by atoms with Crippen molar-refractivity contribution >= 4 is 11.0 Å². The Hall–Kier alpha value is -3.53. The van der Waals surface area contributed by atoms with Gasteiger partial charge < -0.3 is 13.9 Å². The van der Waals surface area contributed by atoms with E-state index in [1.807, 2.05) is 72.8 Å². The number of benzene rings is 3. The number of rotatable bonds is 6. The van der Waals surface area contributed by atoms with Crippen LogP contribution in [0.2, 0.25) is 0 Å². The highest BCUT2D eigenvalue weighted by Gasteiger charge is 2.23. The zero-order valence-corrected chi connectivity index (χ0v) is 16.6. The first-order valence-corrected chi connectivity index (χ1v) is 10.2. The average Bonchev–Trinajstić information content (AvgIpc) is 3.29. The van der Waals surface area contributed by atoms with Gasteiger partial charge >= 0.3 is 5.63 Å². The van der Waals surface area contributed by atoms with Crippen LogP contribution >= 0.6 is 0 Å². The third-order valence-corrected chi connectivity index (χ3v) is 5.52. The summed E-state index contributed by atoms with van der Waals surface area (Å²) in [6, 6.07) is 23.8. The molecule has 0 bridgehead atoms. The molecule has 0 unspecified atom stereocenters. The molecule has 1 heterocycles. The number of hydrogen-bond donors (Lipinski definition) is 0. The monoisotopic (exact) mass is 398 g/mol. The summed E-state index contributed by atoms with van der Waals surface area (Å²) in [7, 11) is 0. The number of ether oxygens (including phenoxy) is 2. The van der Waals surface area contributed by atoms with E-state index in [9.17, 15) is 4.79 Å². The van der Waals surface area contributed by atoms with Crippen LogP contribution in [0.3, 0.4) is 0 Å². The van der Waals surface area contributed by atoms with Crippen molar-refractivity contribution in [2.45, 2.75) is 32.5 Å². The molecule has 0 saturated heterocycles. The molecule has 4 heteroatoms. The van der Waals surface area contributed by atoms with E-state index in [-0.39, 0.29) is 5.63 Å². The van der Waals surface area contributed by atoms with Gasteiger partial charge in [-0.2, -0.15) is 0 Å². The predicted octanol–water partition coefficient (Wildman–Crippen LogP) is 5.44. The van der Waals surface area contributed by atoms with Crippen molar-refractivity contribution in [2.24, 2.45) is 0 Å². The van der Waals surface area contributed by atoms with Crippen LogP contribution in [0.4, 0.5) is 0 Å². The van der Waals surface area contributed by atoms with E-state index in [1.54, 1.807) is 0 Å². The molecule has 30 heavy (non-hydrogen) atoms. The van der Waals surface area contributed by atoms with Crippen LogP contribution in [0.25, 0.3) is 11.0 Å². The fourth-order valence-corrected chi connectivity index (χ4v) is 4.02. The molecular formula is C26H22O4. The van der Waals surface area contributed by atoms with E-state index in [4.69, 9.17) is 13.9 Å². The minimum Gasteiger partial charge on any atom is -0.485 e. The van der Waals surface area contributed by atoms with E-state index in [0.29, 0.717) is 30.3 Å². The largest absolute Gasteiger partial charge is 0.485 e. The van der Waals surface area contributed by atoms with E-state index < -0.39 is 0 Å². The lowest BCUT2D eigenvalue weighted by Gasteiger charge is -2.16. The van der Waals surface area contributed by atoms with Gasteiger partial charge in [-0.15, -0.1) is 0 Å². The normalized spacial score (nSPS) is 12.7. The molecule has 150 valence electrons. The van der Waals surface area contributed by atoms with Crippen LogP contribution in [0.15, 0.2) is 82.0 Å². The SMILES string of the molecule is O=c1oc2c(OCc3ccccc3)c(OCc3ccccc3)ccc2c2c1CCC2. The molecule has 0 aliphatic heterocycles. The Morgan fingerprint density at radius 1 is 0.733 bits per heavy atom. The van der Waals surface area contributed by atoms with E-state index in [2.05, 4.69) is 0 Å². The van der Waals surface area contributed by atoms with Crippen LogP contribution < -0.4 is 15.1 Å². The van der Waals surface area contributed by atoms with Crippen molar-refractivity contribution in [3.8, 4) is 11.5 Å². The van der Waals surface area contributed by atoms with E-state index in [1.165, 1.54) is 0 Å². The summed E-state index contributed by atoms with van der Waals surface area (Å²) in [6.07, 6.45) is 2.64. The Morgan fingerprint density at radius 2 is 1.37 bits per heavy atom. The molecule has 0 spiro atoms. The third-order valence-electron chi connectivity index (χ3n) is 5.52. The highest BCUT2D eigenvalue weighted by atomic mass is 16.5. The Bertz CT molecular complexity index is 1230. The molecule has 5 rings (SSSR count). The van der Waals surface area contributed by atoms with Crippen molar-refractivity contribution in [3.05, 3.63) is 105 Å². The molecule has 0 amide bonds. The molecule has 4 nitrogen and oxygen atoms in total. The summed E-state index contributed by atoms with van der Waals surface area (Å²) in [4.78, 5) is 12.6. The first kappa shape index (κ1) is 18.5. The standard InChI is InChI=1S/C26H22O4/c27-26-22-13-7-12-20(22)21-14-15-23(28-16-18-8-3-1-4-9-18)25(24(21)30-26)29-17-19-10-5-2-6-11-19/h1-6,8-11,14-15H,7,12-13,16-17H2. The third kappa shape index (κ3) is 3.57. The Kier molecular flexibility index (Phi) is 4.98. The van der Waals surface area contributed by atoms with Gasteiger partial charge in [0.25, 0.3) is 0 Å². The Labute approximate surface area is 174 Å². The molecule has 1 aromatic heterocycles. The summed E-state index contributed by atoms with van der Waals surface area (Å²) < 4.78 is 18.0. The summed E-state index contributed by atoms with van der Waals surface area (Å²) in [6.45, 7) is 0.770. The minimum atomic E-state index is -0.264. The predicted molar refractivity (Wildman–Crippen MR) is 116 cm³/mol. The van der Waals surface area contributed by atoms with Crippen LogP contribution in [-0.2, 0) is 26.1 Å². The van der Waals surface area contributed by atoms with Gasteiger partial charge in [0.15, 0.2) is 11.3 Å². The second-order valence-electron chi connectivity index (χ2n) is 7.52. The smallest absolute Gasteiger partial charge is 0.339 e. The van der Waals surface area contributed by atoms with Gasteiger partial charge in [-0.1, -0.05) is 60.7 Å². The van der Waals surface area contributed by atoms with Gasteiger partial charge in [0, 0.05) is 10.9 Å². The quantitative estimate of drug-likeness (QED) is 0.406. The maximum atomic E-state index is 12.6. The van der Waals surface area contributed by atoms with Crippen LogP contribution in [0.5, 0.6) is 11.5 Å². The van der Waals surface area contributed by atoms with Crippen LogP contribution in [0, 0.1) is 0 Å². The Morgan fingerprint density at radius 3 is 2.07 bits per heavy atom. The topological polar surface area (TPSA) is 48.7 Å². The minimum absolute atomic E-state index is 0.264. The number of aryl methyl sites for hydroxylation is 1. The molecule has 0 fully saturated rings. The molecule has 3 aromatic carbocycles. The molecule has 1 aliphatic carbocycles. The first-order valence-electron chi connectivity index (χ1n) is 10.2. The van der Waals surface area contributed by atoms with Crippen molar-refractivity contribution in [1.29, 1.82) is 0 Å². The highest BCUT2D eigenvalue weighted by Crippen LogP contribution is 2.39. The molecular weight excluding hydrogens is 376 g/mol. The van der Waals surface area contributed by atoms with Crippen LogP contribution in [-0.4, -0.2) is 0 Å². The van der Waals surface area contributed by atoms with Gasteiger partial charge in [0.2, 0.25) is 5.75 Å². The number of fused-ring (bicyclic) bond motifs is 3. The fraction of sp³-hybridized carbons (Fsp3) is 0.192. The molecule has 0 radical (unpaired) electrons. The van der Waals surface area contributed by atoms with Gasteiger partial charge in [-0.3, -0.25) is 0 Å². The summed E-state index contributed by atoms with van der Waals surface area (Å²) in [5.41, 5.74) is 4.19. The van der Waals surface area contributed by atoms with Crippen molar-refractivity contribution in [3.63, 3.8) is 0 Å². The van der Waals surface area contributed by atoms with Gasteiger partial charge in [-0.25, -0.2) is 4.79 Å². The van der Waals surface area contributed by atoms with Crippen molar-refractivity contribution in [2.75, 3.05) is 0 Å².